The topological polar surface area (TPSA) is 26.0 Å². The van der Waals surface area contributed by atoms with Crippen LogP contribution in [0.3, 0.4) is 0 Å². The fraction of sp³-hybridized carbons (Fsp3) is 0.500. The number of rotatable bonds is 0. The van der Waals surface area contributed by atoms with Crippen LogP contribution in [0.4, 0.5) is 10.1 Å². The molecular formula is C12H16FN. The van der Waals surface area contributed by atoms with Gasteiger partial charge < -0.3 is 5.73 Å². The Morgan fingerprint density at radius 1 is 1.43 bits per heavy atom. The Balaban J connectivity index is 2.73. The van der Waals surface area contributed by atoms with Gasteiger partial charge in [-0.3, -0.25) is 0 Å². The third kappa shape index (κ3) is 1.13. The minimum absolute atomic E-state index is 0.0752. The van der Waals surface area contributed by atoms with E-state index in [9.17, 15) is 4.39 Å². The second-order valence-corrected chi connectivity index (χ2v) is 4.91. The van der Waals surface area contributed by atoms with E-state index < -0.39 is 0 Å². The number of fused-ring (bicyclic) bond motifs is 1. The molecular weight excluding hydrogens is 177 g/mol. The van der Waals surface area contributed by atoms with Gasteiger partial charge in [0.1, 0.15) is 5.82 Å². The van der Waals surface area contributed by atoms with E-state index >= 15 is 0 Å². The zero-order chi connectivity index (χ0) is 10.5. The fourth-order valence-electron chi connectivity index (χ4n) is 2.80. The monoisotopic (exact) mass is 193 g/mol. The number of nitrogen functional groups attached to an aromatic ring is 1. The molecule has 1 aliphatic rings. The summed E-state index contributed by atoms with van der Waals surface area (Å²) in [6.45, 7) is 6.28. The third-order valence-corrected chi connectivity index (χ3v) is 3.21. The molecule has 0 aromatic heterocycles. The van der Waals surface area contributed by atoms with Crippen molar-refractivity contribution in [2.75, 3.05) is 5.73 Å². The van der Waals surface area contributed by atoms with Gasteiger partial charge in [-0.25, -0.2) is 4.39 Å². The zero-order valence-electron chi connectivity index (χ0n) is 8.89. The smallest absolute Gasteiger partial charge is 0.127 e. The van der Waals surface area contributed by atoms with Gasteiger partial charge in [-0.05, 0) is 41.0 Å². The van der Waals surface area contributed by atoms with E-state index in [0.717, 1.165) is 23.2 Å². The Bertz CT molecular complexity index is 382. The highest BCUT2D eigenvalue weighted by Gasteiger charge is 2.38. The molecule has 1 nitrogen and oxygen atoms in total. The first-order valence-corrected chi connectivity index (χ1v) is 5.02. The number of hydrogen-bond donors (Lipinski definition) is 1. The van der Waals surface area contributed by atoms with Crippen molar-refractivity contribution in [3.05, 3.63) is 29.1 Å². The van der Waals surface area contributed by atoms with Crippen molar-refractivity contribution in [1.82, 2.24) is 0 Å². The maximum Gasteiger partial charge on any atom is 0.127 e. The second kappa shape index (κ2) is 2.72. The quantitative estimate of drug-likeness (QED) is 0.629. The number of benzene rings is 1. The van der Waals surface area contributed by atoms with Crippen LogP contribution in [-0.2, 0) is 5.41 Å². The van der Waals surface area contributed by atoms with Crippen LogP contribution in [-0.4, -0.2) is 0 Å². The molecule has 0 bridgehead atoms. The molecule has 14 heavy (non-hydrogen) atoms. The zero-order valence-corrected chi connectivity index (χ0v) is 8.89. The van der Waals surface area contributed by atoms with E-state index in [0.29, 0.717) is 5.92 Å². The Hall–Kier alpha value is -1.05. The fourth-order valence-corrected chi connectivity index (χ4v) is 2.80. The molecule has 2 rings (SSSR count). The van der Waals surface area contributed by atoms with Gasteiger partial charge in [-0.1, -0.05) is 20.8 Å². The number of halogens is 1. The highest BCUT2D eigenvalue weighted by molar-refractivity contribution is 5.58. The summed E-state index contributed by atoms with van der Waals surface area (Å²) >= 11 is 0. The predicted octanol–water partition coefficient (Wildman–Crippen LogP) is 3.19. The summed E-state index contributed by atoms with van der Waals surface area (Å²) in [5, 5.41) is 0. The first-order valence-electron chi connectivity index (χ1n) is 5.02. The lowest BCUT2D eigenvalue weighted by molar-refractivity contribution is 0.467. The van der Waals surface area contributed by atoms with E-state index in [1.54, 1.807) is 6.07 Å². The van der Waals surface area contributed by atoms with Gasteiger partial charge in [0.25, 0.3) is 0 Å². The lowest BCUT2D eigenvalue weighted by Gasteiger charge is -2.19. The maximum atomic E-state index is 13.7. The molecule has 1 aromatic rings. The Labute approximate surface area is 84.1 Å². The molecule has 0 fully saturated rings. The Kier molecular flexibility index (Phi) is 1.85. The lowest BCUT2D eigenvalue weighted by Crippen LogP contribution is -2.14. The second-order valence-electron chi connectivity index (χ2n) is 4.91. The normalized spacial score (nSPS) is 23.6. The summed E-state index contributed by atoms with van der Waals surface area (Å²) in [5.41, 5.74) is 8.39. The maximum absolute atomic E-state index is 13.7. The van der Waals surface area contributed by atoms with Gasteiger partial charge in [0.05, 0.1) is 0 Å². The molecule has 0 amide bonds. The molecule has 1 aromatic carbocycles. The summed E-state index contributed by atoms with van der Waals surface area (Å²) in [7, 11) is 0. The van der Waals surface area contributed by atoms with Crippen LogP contribution in [0.25, 0.3) is 0 Å². The van der Waals surface area contributed by atoms with Crippen LogP contribution >= 0.6 is 0 Å². The highest BCUT2D eigenvalue weighted by atomic mass is 19.1. The van der Waals surface area contributed by atoms with Crippen molar-refractivity contribution in [3.8, 4) is 0 Å². The van der Waals surface area contributed by atoms with E-state index in [-0.39, 0.29) is 11.2 Å². The molecule has 0 saturated heterocycles. The summed E-state index contributed by atoms with van der Waals surface area (Å²) in [5.74, 6) is 0.263. The largest absolute Gasteiger partial charge is 0.398 e. The van der Waals surface area contributed by atoms with Crippen molar-refractivity contribution in [1.29, 1.82) is 0 Å². The molecule has 0 heterocycles. The standard InChI is InChI=1S/C12H16FN/c1-7-6-12(2,3)11-8(13)4-5-9(14)10(7)11/h4-5,7H,6,14H2,1-3H3/t7-/m0/s1. The van der Waals surface area contributed by atoms with Gasteiger partial charge in [-0.15, -0.1) is 0 Å². The predicted molar refractivity (Wildman–Crippen MR) is 56.9 cm³/mol. The van der Waals surface area contributed by atoms with Crippen LogP contribution in [0.1, 0.15) is 44.2 Å². The minimum atomic E-state index is -0.108. The average Bonchev–Trinajstić information content (AvgIpc) is 2.30. The molecule has 2 heteroatoms. The average molecular weight is 193 g/mol. The molecule has 0 aliphatic heterocycles. The van der Waals surface area contributed by atoms with Crippen LogP contribution in [0.15, 0.2) is 12.1 Å². The van der Waals surface area contributed by atoms with Crippen molar-refractivity contribution >= 4 is 5.69 Å². The highest BCUT2D eigenvalue weighted by Crippen LogP contribution is 2.48. The van der Waals surface area contributed by atoms with Gasteiger partial charge in [0.2, 0.25) is 0 Å². The van der Waals surface area contributed by atoms with E-state index in [1.807, 2.05) is 0 Å². The lowest BCUT2D eigenvalue weighted by atomic mass is 9.86. The van der Waals surface area contributed by atoms with Crippen molar-refractivity contribution < 1.29 is 4.39 Å². The van der Waals surface area contributed by atoms with E-state index in [4.69, 9.17) is 5.73 Å². The SMILES string of the molecule is C[C@H]1CC(C)(C)c2c(F)ccc(N)c21. The summed E-state index contributed by atoms with van der Waals surface area (Å²) in [6, 6.07) is 3.15. The van der Waals surface area contributed by atoms with Gasteiger partial charge in [0.15, 0.2) is 0 Å². The van der Waals surface area contributed by atoms with Crippen LogP contribution < -0.4 is 5.73 Å². The molecule has 2 N–H and O–H groups in total. The van der Waals surface area contributed by atoms with Crippen molar-refractivity contribution in [2.45, 2.75) is 38.5 Å². The molecule has 0 radical (unpaired) electrons. The molecule has 1 atom stereocenters. The van der Waals surface area contributed by atoms with Crippen molar-refractivity contribution in [2.24, 2.45) is 0 Å². The summed E-state index contributed by atoms with van der Waals surface area (Å²) < 4.78 is 13.7. The van der Waals surface area contributed by atoms with Crippen LogP contribution in [0, 0.1) is 5.82 Å². The molecule has 0 spiro atoms. The number of nitrogens with two attached hydrogens (primary N) is 1. The van der Waals surface area contributed by atoms with Crippen LogP contribution in [0.2, 0.25) is 0 Å². The first-order chi connectivity index (χ1) is 6.43. The number of anilines is 1. The van der Waals surface area contributed by atoms with Crippen molar-refractivity contribution in [3.63, 3.8) is 0 Å². The Morgan fingerprint density at radius 3 is 2.64 bits per heavy atom. The van der Waals surface area contributed by atoms with E-state index in [2.05, 4.69) is 20.8 Å². The summed E-state index contributed by atoms with van der Waals surface area (Å²) in [4.78, 5) is 0. The molecule has 1 aliphatic carbocycles. The Morgan fingerprint density at radius 2 is 2.07 bits per heavy atom. The first kappa shape index (κ1) is 9.50. The molecule has 0 saturated carbocycles. The minimum Gasteiger partial charge on any atom is -0.398 e. The van der Waals surface area contributed by atoms with E-state index in [1.165, 1.54) is 6.07 Å². The van der Waals surface area contributed by atoms with Gasteiger partial charge >= 0.3 is 0 Å². The molecule has 0 unspecified atom stereocenters. The molecule has 76 valence electrons. The number of hydrogen-bond acceptors (Lipinski definition) is 1. The summed E-state index contributed by atoms with van der Waals surface area (Å²) in [6.07, 6.45) is 0.980. The van der Waals surface area contributed by atoms with Gasteiger partial charge in [0, 0.05) is 5.69 Å². The van der Waals surface area contributed by atoms with Gasteiger partial charge in [-0.2, -0.15) is 0 Å². The third-order valence-electron chi connectivity index (χ3n) is 3.21. The van der Waals surface area contributed by atoms with Crippen LogP contribution in [0.5, 0.6) is 0 Å².